The molecule has 0 atom stereocenters. The molecule has 26 heavy (non-hydrogen) atoms. The Morgan fingerprint density at radius 2 is 2.04 bits per heavy atom. The van der Waals surface area contributed by atoms with Gasteiger partial charge in [0.15, 0.2) is 0 Å². The molecule has 0 saturated carbocycles. The molecule has 2 heterocycles. The van der Waals surface area contributed by atoms with Gasteiger partial charge < -0.3 is 9.47 Å². The third-order valence-corrected chi connectivity index (χ3v) is 4.47. The Kier molecular flexibility index (Phi) is 6.29. The molecule has 3 aromatic rings. The lowest BCUT2D eigenvalue weighted by atomic mass is 10.2. The number of hydrogen-bond acceptors (Lipinski definition) is 6. The maximum Gasteiger partial charge on any atom is 0.206 e. The molecule has 0 spiro atoms. The zero-order valence-corrected chi connectivity index (χ0v) is 15.5. The zero-order valence-electron chi connectivity index (χ0n) is 14.7. The minimum Gasteiger partial charge on any atom is -0.497 e. The van der Waals surface area contributed by atoms with Gasteiger partial charge in [0, 0.05) is 36.0 Å². The Labute approximate surface area is 156 Å². The van der Waals surface area contributed by atoms with Gasteiger partial charge in [0.1, 0.15) is 5.75 Å². The molecular formula is C19H20N4O2S. The molecule has 0 aliphatic carbocycles. The second-order valence-electron chi connectivity index (χ2n) is 5.35. The van der Waals surface area contributed by atoms with Crippen LogP contribution in [0.2, 0.25) is 0 Å². The van der Waals surface area contributed by atoms with Gasteiger partial charge in [-0.2, -0.15) is 5.10 Å². The van der Waals surface area contributed by atoms with E-state index >= 15 is 0 Å². The SMILES string of the molecule is COCCN=c1scc(-c2ccc(OC)cc2)n1/N=C\c1cccnc1. The van der Waals surface area contributed by atoms with E-state index in [9.17, 15) is 0 Å². The first-order valence-corrected chi connectivity index (χ1v) is 8.98. The molecule has 3 rings (SSSR count). The molecule has 0 saturated heterocycles. The molecule has 134 valence electrons. The smallest absolute Gasteiger partial charge is 0.206 e. The van der Waals surface area contributed by atoms with Crippen molar-refractivity contribution in [1.29, 1.82) is 0 Å². The minimum atomic E-state index is 0.572. The molecule has 0 N–H and O–H groups in total. The first-order valence-electron chi connectivity index (χ1n) is 8.10. The van der Waals surface area contributed by atoms with E-state index in [0.717, 1.165) is 27.4 Å². The van der Waals surface area contributed by atoms with Gasteiger partial charge in [0.05, 0.1) is 32.2 Å². The van der Waals surface area contributed by atoms with E-state index in [2.05, 4.69) is 15.1 Å². The van der Waals surface area contributed by atoms with Gasteiger partial charge in [-0.25, -0.2) is 4.68 Å². The van der Waals surface area contributed by atoms with Crippen molar-refractivity contribution in [2.24, 2.45) is 10.1 Å². The van der Waals surface area contributed by atoms with Crippen molar-refractivity contribution < 1.29 is 9.47 Å². The highest BCUT2D eigenvalue weighted by molar-refractivity contribution is 7.07. The maximum absolute atomic E-state index is 5.24. The summed E-state index contributed by atoms with van der Waals surface area (Å²) >= 11 is 1.55. The zero-order chi connectivity index (χ0) is 18.2. The molecule has 2 aromatic heterocycles. The number of rotatable bonds is 7. The highest BCUT2D eigenvalue weighted by atomic mass is 32.1. The summed E-state index contributed by atoms with van der Waals surface area (Å²) in [6.07, 6.45) is 5.29. The Morgan fingerprint density at radius 3 is 2.73 bits per heavy atom. The topological polar surface area (TPSA) is 61.0 Å². The monoisotopic (exact) mass is 368 g/mol. The first-order chi connectivity index (χ1) is 12.8. The third kappa shape index (κ3) is 4.44. The number of thiazole rings is 1. The molecule has 0 radical (unpaired) electrons. The van der Waals surface area contributed by atoms with E-state index in [4.69, 9.17) is 9.47 Å². The van der Waals surface area contributed by atoms with Crippen LogP contribution in [-0.2, 0) is 4.74 Å². The molecular weight excluding hydrogens is 348 g/mol. The van der Waals surface area contributed by atoms with Crippen LogP contribution in [0.15, 0.2) is 64.3 Å². The van der Waals surface area contributed by atoms with Gasteiger partial charge in [-0.3, -0.25) is 9.98 Å². The van der Waals surface area contributed by atoms with E-state index in [1.165, 1.54) is 0 Å². The van der Waals surface area contributed by atoms with E-state index in [1.54, 1.807) is 44.2 Å². The maximum atomic E-state index is 5.24. The number of ether oxygens (including phenoxy) is 2. The molecule has 0 bridgehead atoms. The lowest BCUT2D eigenvalue weighted by Crippen LogP contribution is -2.13. The summed E-state index contributed by atoms with van der Waals surface area (Å²) in [5.74, 6) is 0.819. The van der Waals surface area contributed by atoms with Crippen LogP contribution in [0.1, 0.15) is 5.56 Å². The van der Waals surface area contributed by atoms with Crippen LogP contribution < -0.4 is 9.54 Å². The summed E-state index contributed by atoms with van der Waals surface area (Å²) in [4.78, 5) is 9.52. The average molecular weight is 368 g/mol. The Bertz CT molecular complexity index is 915. The molecule has 0 unspecified atom stereocenters. The number of hydrogen-bond donors (Lipinski definition) is 0. The Balaban J connectivity index is 2.00. The molecule has 0 aliphatic rings. The fraction of sp³-hybridized carbons (Fsp3) is 0.211. The summed E-state index contributed by atoms with van der Waals surface area (Å²) < 4.78 is 12.2. The fourth-order valence-corrected chi connectivity index (χ4v) is 3.15. The van der Waals surface area contributed by atoms with Crippen molar-refractivity contribution in [3.05, 3.63) is 64.5 Å². The van der Waals surface area contributed by atoms with Crippen molar-refractivity contribution in [3.8, 4) is 17.0 Å². The van der Waals surface area contributed by atoms with Gasteiger partial charge in [-0.1, -0.05) is 6.07 Å². The lowest BCUT2D eigenvalue weighted by molar-refractivity contribution is 0.207. The van der Waals surface area contributed by atoms with Gasteiger partial charge in [-0.15, -0.1) is 11.3 Å². The van der Waals surface area contributed by atoms with E-state index in [-0.39, 0.29) is 0 Å². The van der Waals surface area contributed by atoms with Gasteiger partial charge >= 0.3 is 0 Å². The van der Waals surface area contributed by atoms with Crippen molar-refractivity contribution in [3.63, 3.8) is 0 Å². The second-order valence-corrected chi connectivity index (χ2v) is 6.19. The van der Waals surface area contributed by atoms with E-state index < -0.39 is 0 Å². The molecule has 6 nitrogen and oxygen atoms in total. The highest BCUT2D eigenvalue weighted by Crippen LogP contribution is 2.23. The van der Waals surface area contributed by atoms with Crippen LogP contribution in [-0.4, -0.2) is 43.2 Å². The van der Waals surface area contributed by atoms with Crippen LogP contribution >= 0.6 is 11.3 Å². The predicted molar refractivity (Wildman–Crippen MR) is 104 cm³/mol. The van der Waals surface area contributed by atoms with Gasteiger partial charge in [0.25, 0.3) is 0 Å². The van der Waals surface area contributed by atoms with Crippen LogP contribution in [0.25, 0.3) is 11.3 Å². The normalized spacial score (nSPS) is 12.0. The van der Waals surface area contributed by atoms with Gasteiger partial charge in [-0.05, 0) is 30.3 Å². The van der Waals surface area contributed by atoms with Crippen molar-refractivity contribution >= 4 is 17.6 Å². The Hall–Kier alpha value is -2.77. The van der Waals surface area contributed by atoms with Crippen molar-refractivity contribution in [2.45, 2.75) is 0 Å². The predicted octanol–water partition coefficient (Wildman–Crippen LogP) is 3.05. The van der Waals surface area contributed by atoms with Crippen LogP contribution in [0.4, 0.5) is 0 Å². The summed E-state index contributed by atoms with van der Waals surface area (Å²) in [6.45, 7) is 1.16. The largest absolute Gasteiger partial charge is 0.497 e. The molecule has 7 heteroatoms. The highest BCUT2D eigenvalue weighted by Gasteiger charge is 2.07. The number of pyridine rings is 1. The molecule has 0 aliphatic heterocycles. The molecule has 0 fully saturated rings. The number of nitrogens with zero attached hydrogens (tertiary/aromatic N) is 4. The lowest BCUT2D eigenvalue weighted by Gasteiger charge is -2.05. The van der Waals surface area contributed by atoms with E-state index in [0.29, 0.717) is 13.2 Å². The van der Waals surface area contributed by atoms with Crippen LogP contribution in [0.3, 0.4) is 0 Å². The minimum absolute atomic E-state index is 0.572. The number of benzene rings is 1. The first kappa shape index (κ1) is 18.0. The molecule has 1 aromatic carbocycles. The number of methoxy groups -OCH3 is 2. The van der Waals surface area contributed by atoms with Crippen molar-refractivity contribution in [2.75, 3.05) is 27.4 Å². The standard InChI is InChI=1S/C19H20N4O2S/c1-24-11-10-21-19-23(22-13-15-4-3-9-20-12-15)18(14-26-19)16-5-7-17(25-2)8-6-16/h3-9,12-14H,10-11H2,1-2H3/b21-19?,22-13-. The third-order valence-electron chi connectivity index (χ3n) is 3.62. The number of aromatic nitrogens is 2. The summed E-state index contributed by atoms with van der Waals surface area (Å²) in [7, 11) is 3.33. The van der Waals surface area contributed by atoms with Gasteiger partial charge in [0.2, 0.25) is 4.80 Å². The molecule has 0 amide bonds. The average Bonchev–Trinajstić information content (AvgIpc) is 3.10. The van der Waals surface area contributed by atoms with Crippen LogP contribution in [0.5, 0.6) is 5.75 Å². The van der Waals surface area contributed by atoms with E-state index in [1.807, 2.05) is 46.5 Å². The summed E-state index contributed by atoms with van der Waals surface area (Å²) in [5, 5.41) is 6.68. The fourth-order valence-electron chi connectivity index (χ4n) is 2.29. The second kappa shape index (κ2) is 9.07. The van der Waals surface area contributed by atoms with Crippen LogP contribution in [0, 0.1) is 0 Å². The summed E-state index contributed by atoms with van der Waals surface area (Å²) in [6, 6.07) is 11.7. The Morgan fingerprint density at radius 1 is 1.19 bits per heavy atom. The summed E-state index contributed by atoms with van der Waals surface area (Å²) in [5.41, 5.74) is 2.93. The quantitative estimate of drug-likeness (QED) is 0.476. The van der Waals surface area contributed by atoms with Crippen molar-refractivity contribution in [1.82, 2.24) is 9.66 Å².